The van der Waals surface area contributed by atoms with Crippen molar-refractivity contribution in [2.24, 2.45) is 5.41 Å². The second-order valence-electron chi connectivity index (χ2n) is 4.38. The van der Waals surface area contributed by atoms with Gasteiger partial charge in [0.25, 0.3) is 0 Å². The third kappa shape index (κ3) is 2.22. The summed E-state index contributed by atoms with van der Waals surface area (Å²) in [7, 11) is 0. The maximum absolute atomic E-state index is 11.2. The molecule has 1 unspecified atom stereocenters. The Balaban J connectivity index is 2.87. The predicted octanol–water partition coefficient (Wildman–Crippen LogP) is 2.74. The van der Waals surface area contributed by atoms with E-state index in [4.69, 9.17) is 4.74 Å². The van der Waals surface area contributed by atoms with E-state index < -0.39 is 5.41 Å². The summed E-state index contributed by atoms with van der Waals surface area (Å²) in [4.78, 5) is 11.2. The van der Waals surface area contributed by atoms with Crippen LogP contribution in [0.3, 0.4) is 0 Å². The molecule has 1 rings (SSSR count). The molecule has 0 aromatic heterocycles. The summed E-state index contributed by atoms with van der Waals surface area (Å²) in [6.45, 7) is 7.32. The maximum atomic E-state index is 11.2. The van der Waals surface area contributed by atoms with Crippen LogP contribution < -0.4 is 0 Å². The largest absolute Gasteiger partial charge is 0.511 e. The first-order valence-electron chi connectivity index (χ1n) is 5.17. The Morgan fingerprint density at radius 2 is 2.20 bits per heavy atom. The summed E-state index contributed by atoms with van der Waals surface area (Å²) in [5.74, 6) is 0.0454. The van der Waals surface area contributed by atoms with Gasteiger partial charge in [-0.2, -0.15) is 0 Å². The Labute approximate surface area is 90.4 Å². The van der Waals surface area contributed by atoms with Gasteiger partial charge in [-0.05, 0) is 32.4 Å². The molecule has 1 aliphatic rings. The Hall–Kier alpha value is -1.25. The lowest BCUT2D eigenvalue weighted by Crippen LogP contribution is -2.36. The van der Waals surface area contributed by atoms with E-state index in [2.05, 4.69) is 0 Å². The number of esters is 1. The number of carbonyl (C=O) groups excluding carboxylic acids is 1. The van der Waals surface area contributed by atoms with Gasteiger partial charge in [-0.3, -0.25) is 4.79 Å². The first-order chi connectivity index (χ1) is 6.89. The van der Waals surface area contributed by atoms with E-state index >= 15 is 0 Å². The van der Waals surface area contributed by atoms with E-state index in [0.29, 0.717) is 12.2 Å². The van der Waals surface area contributed by atoms with Crippen LogP contribution in [-0.2, 0) is 9.53 Å². The minimum Gasteiger partial charge on any atom is -0.511 e. The third-order valence-corrected chi connectivity index (χ3v) is 2.76. The number of aliphatic hydroxyl groups excluding tert-OH is 1. The molecular formula is C12H18O3. The van der Waals surface area contributed by atoms with Crippen molar-refractivity contribution in [2.45, 2.75) is 40.2 Å². The predicted molar refractivity (Wildman–Crippen MR) is 58.4 cm³/mol. The molecule has 1 N–H and O–H groups in total. The topological polar surface area (TPSA) is 46.5 Å². The van der Waals surface area contributed by atoms with Crippen molar-refractivity contribution in [3.8, 4) is 0 Å². The van der Waals surface area contributed by atoms with Crippen LogP contribution in [0.1, 0.15) is 34.1 Å². The average molecular weight is 210 g/mol. The lowest BCUT2D eigenvalue weighted by Gasteiger charge is -2.34. The van der Waals surface area contributed by atoms with Gasteiger partial charge in [0.15, 0.2) is 0 Å². The lowest BCUT2D eigenvalue weighted by molar-refractivity contribution is -0.151. The number of hydrogen-bond donors (Lipinski definition) is 1. The molecule has 0 saturated heterocycles. The van der Waals surface area contributed by atoms with Crippen LogP contribution in [0.2, 0.25) is 0 Å². The zero-order chi connectivity index (χ0) is 11.6. The van der Waals surface area contributed by atoms with Crippen molar-refractivity contribution >= 4 is 5.97 Å². The third-order valence-electron chi connectivity index (χ3n) is 2.76. The molecule has 84 valence electrons. The van der Waals surface area contributed by atoms with Gasteiger partial charge in [0.1, 0.15) is 11.9 Å². The van der Waals surface area contributed by atoms with E-state index in [1.165, 1.54) is 0 Å². The monoisotopic (exact) mass is 210 g/mol. The van der Waals surface area contributed by atoms with Gasteiger partial charge in [0, 0.05) is 6.42 Å². The van der Waals surface area contributed by atoms with Crippen molar-refractivity contribution in [3.63, 3.8) is 0 Å². The highest BCUT2D eigenvalue weighted by atomic mass is 16.5. The molecule has 0 aliphatic heterocycles. The SMILES string of the molecule is CCC(=O)OC1C=CC(C)=C(O)C1(C)C. The zero-order valence-electron chi connectivity index (χ0n) is 9.70. The van der Waals surface area contributed by atoms with Crippen molar-refractivity contribution in [1.29, 1.82) is 0 Å². The highest BCUT2D eigenvalue weighted by Crippen LogP contribution is 2.37. The highest BCUT2D eigenvalue weighted by Gasteiger charge is 2.37. The van der Waals surface area contributed by atoms with Gasteiger partial charge in [-0.25, -0.2) is 0 Å². The quantitative estimate of drug-likeness (QED) is 0.713. The smallest absolute Gasteiger partial charge is 0.306 e. The second-order valence-corrected chi connectivity index (χ2v) is 4.38. The summed E-state index contributed by atoms with van der Waals surface area (Å²) >= 11 is 0. The summed E-state index contributed by atoms with van der Waals surface area (Å²) < 4.78 is 5.25. The van der Waals surface area contributed by atoms with E-state index in [1.807, 2.05) is 26.8 Å². The molecular weight excluding hydrogens is 192 g/mol. The van der Waals surface area contributed by atoms with Crippen LogP contribution in [0.5, 0.6) is 0 Å². The Morgan fingerprint density at radius 3 is 2.73 bits per heavy atom. The molecule has 1 atom stereocenters. The summed E-state index contributed by atoms with van der Waals surface area (Å²) in [5, 5.41) is 9.90. The van der Waals surface area contributed by atoms with E-state index in [0.717, 1.165) is 5.57 Å². The van der Waals surface area contributed by atoms with Crippen molar-refractivity contribution in [1.82, 2.24) is 0 Å². The maximum Gasteiger partial charge on any atom is 0.306 e. The number of allylic oxidation sites excluding steroid dienone is 2. The van der Waals surface area contributed by atoms with Gasteiger partial charge < -0.3 is 9.84 Å². The van der Waals surface area contributed by atoms with E-state index in [1.54, 1.807) is 13.0 Å². The Kier molecular flexibility index (Phi) is 3.22. The Bertz CT molecular complexity index is 324. The summed E-state index contributed by atoms with van der Waals surface area (Å²) in [5.41, 5.74) is 0.285. The van der Waals surface area contributed by atoms with Crippen LogP contribution in [0.4, 0.5) is 0 Å². The minimum atomic E-state index is -0.538. The van der Waals surface area contributed by atoms with Crippen molar-refractivity contribution in [3.05, 3.63) is 23.5 Å². The summed E-state index contributed by atoms with van der Waals surface area (Å²) in [6.07, 6.45) is 3.58. The number of aliphatic hydroxyl groups is 1. The van der Waals surface area contributed by atoms with Gasteiger partial charge >= 0.3 is 5.97 Å². The van der Waals surface area contributed by atoms with Crippen LogP contribution in [-0.4, -0.2) is 17.2 Å². The minimum absolute atomic E-state index is 0.245. The standard InChI is InChI=1S/C12H18O3/c1-5-10(13)15-9-7-6-8(2)11(14)12(9,3)4/h6-7,9,14H,5H2,1-4H3. The molecule has 0 aromatic carbocycles. The molecule has 0 amide bonds. The number of hydrogen-bond acceptors (Lipinski definition) is 3. The fraction of sp³-hybridized carbons (Fsp3) is 0.583. The molecule has 0 fully saturated rings. The number of ether oxygens (including phenoxy) is 1. The molecule has 0 radical (unpaired) electrons. The second kappa shape index (κ2) is 4.09. The fourth-order valence-corrected chi connectivity index (χ4v) is 1.61. The van der Waals surface area contributed by atoms with Crippen molar-refractivity contribution in [2.75, 3.05) is 0 Å². The Morgan fingerprint density at radius 1 is 1.60 bits per heavy atom. The number of carbonyl (C=O) groups is 1. The first-order valence-corrected chi connectivity index (χ1v) is 5.17. The average Bonchev–Trinajstić information content (AvgIpc) is 2.19. The number of rotatable bonds is 2. The first kappa shape index (κ1) is 11.8. The van der Waals surface area contributed by atoms with Crippen LogP contribution in [0.25, 0.3) is 0 Å². The van der Waals surface area contributed by atoms with Gasteiger partial charge in [0.2, 0.25) is 0 Å². The van der Waals surface area contributed by atoms with Crippen LogP contribution in [0, 0.1) is 5.41 Å². The molecule has 1 aliphatic carbocycles. The van der Waals surface area contributed by atoms with Crippen LogP contribution >= 0.6 is 0 Å². The van der Waals surface area contributed by atoms with Crippen molar-refractivity contribution < 1.29 is 14.6 Å². The fourth-order valence-electron chi connectivity index (χ4n) is 1.61. The van der Waals surface area contributed by atoms with Crippen LogP contribution in [0.15, 0.2) is 23.5 Å². The molecule has 3 heteroatoms. The molecule has 0 saturated carbocycles. The molecule has 0 aromatic rings. The highest BCUT2D eigenvalue weighted by molar-refractivity contribution is 5.69. The molecule has 15 heavy (non-hydrogen) atoms. The van der Waals surface area contributed by atoms with E-state index in [-0.39, 0.29) is 12.1 Å². The van der Waals surface area contributed by atoms with Gasteiger partial charge in [-0.15, -0.1) is 0 Å². The normalized spacial score (nSPS) is 24.1. The molecule has 0 spiro atoms. The lowest BCUT2D eigenvalue weighted by atomic mass is 9.79. The zero-order valence-corrected chi connectivity index (χ0v) is 9.70. The van der Waals surface area contributed by atoms with E-state index in [9.17, 15) is 9.90 Å². The summed E-state index contributed by atoms with van der Waals surface area (Å²) in [6, 6.07) is 0. The molecule has 0 bridgehead atoms. The van der Waals surface area contributed by atoms with Gasteiger partial charge in [-0.1, -0.05) is 13.0 Å². The molecule has 3 nitrogen and oxygen atoms in total. The van der Waals surface area contributed by atoms with Gasteiger partial charge in [0.05, 0.1) is 5.41 Å². The molecule has 0 heterocycles.